The van der Waals surface area contributed by atoms with Gasteiger partial charge in [-0.3, -0.25) is 19.3 Å². The fourth-order valence-corrected chi connectivity index (χ4v) is 6.57. The molecule has 3 aliphatic rings. The van der Waals surface area contributed by atoms with Crippen LogP contribution in [0.15, 0.2) is 0 Å². The van der Waals surface area contributed by atoms with E-state index in [1.165, 1.54) is 11.3 Å². The summed E-state index contributed by atoms with van der Waals surface area (Å²) in [5.74, 6) is -1.71. The molecule has 4 rings (SSSR count). The summed E-state index contributed by atoms with van der Waals surface area (Å²) >= 11 is 1.39. The maximum absolute atomic E-state index is 13.1. The highest BCUT2D eigenvalue weighted by Crippen LogP contribution is 2.60. The van der Waals surface area contributed by atoms with Gasteiger partial charge in [0.25, 0.3) is 0 Å². The molecule has 3 amide bonds. The molecule has 1 saturated carbocycles. The summed E-state index contributed by atoms with van der Waals surface area (Å²) in [6.07, 6.45) is 3.96. The second-order valence-corrected chi connectivity index (χ2v) is 10.3. The lowest BCUT2D eigenvalue weighted by molar-refractivity contribution is -0.168. The second-order valence-electron chi connectivity index (χ2n) is 9.20. The first kappa shape index (κ1) is 21.0. The lowest BCUT2D eigenvalue weighted by atomic mass is 9.62. The zero-order valence-corrected chi connectivity index (χ0v) is 18.7. The highest BCUT2D eigenvalue weighted by molar-refractivity contribution is 7.17. The smallest absolute Gasteiger partial charge is 0.341 e. The standard InChI is InChI=1S/C22H28N2O5S/c1-5-29-19(27)16-12-7-6-8-14(12)30-17(16)23-15(25)11-24-18(26)13-9-10-22(4,20(24)28)21(13,2)3/h13H,5-11H2,1-4H3,(H,23,25). The summed E-state index contributed by atoms with van der Waals surface area (Å²) in [5.41, 5.74) is 0.310. The minimum atomic E-state index is -0.647. The van der Waals surface area contributed by atoms with Gasteiger partial charge in [-0.25, -0.2) is 4.79 Å². The maximum Gasteiger partial charge on any atom is 0.341 e. The summed E-state index contributed by atoms with van der Waals surface area (Å²) in [6, 6.07) is 0. The summed E-state index contributed by atoms with van der Waals surface area (Å²) < 4.78 is 5.19. The van der Waals surface area contributed by atoms with Crippen molar-refractivity contribution in [2.24, 2.45) is 16.7 Å². The Kier molecular flexibility index (Phi) is 5.03. The normalized spacial score (nSPS) is 26.7. The van der Waals surface area contributed by atoms with Crippen LogP contribution in [0.2, 0.25) is 0 Å². The van der Waals surface area contributed by atoms with E-state index in [1.54, 1.807) is 6.92 Å². The Labute approximate surface area is 180 Å². The second kappa shape index (κ2) is 7.18. The predicted octanol–water partition coefficient (Wildman–Crippen LogP) is 3.16. The SMILES string of the molecule is CCOC(=O)c1c(NC(=O)CN2C(=O)C3CCC(C)(C2=O)C3(C)C)sc2c1CCC2. The van der Waals surface area contributed by atoms with Crippen LogP contribution in [0.5, 0.6) is 0 Å². The van der Waals surface area contributed by atoms with Crippen molar-refractivity contribution in [3.63, 3.8) is 0 Å². The van der Waals surface area contributed by atoms with Gasteiger partial charge >= 0.3 is 5.97 Å². The molecule has 0 aromatic carbocycles. The van der Waals surface area contributed by atoms with Crippen molar-refractivity contribution in [1.82, 2.24) is 4.90 Å². The number of carbonyl (C=O) groups is 4. The topological polar surface area (TPSA) is 92.8 Å². The molecule has 8 heteroatoms. The number of piperidine rings is 1. The summed E-state index contributed by atoms with van der Waals surface area (Å²) in [4.78, 5) is 53.6. The third-order valence-corrected chi connectivity index (χ3v) is 8.67. The third-order valence-electron chi connectivity index (χ3n) is 7.46. The quantitative estimate of drug-likeness (QED) is 0.570. The lowest BCUT2D eigenvalue weighted by Crippen LogP contribution is -2.60. The maximum atomic E-state index is 13.1. The molecular formula is C22H28N2O5S. The average molecular weight is 433 g/mol. The number of anilines is 1. The van der Waals surface area contributed by atoms with Gasteiger partial charge in [0, 0.05) is 10.8 Å². The summed E-state index contributed by atoms with van der Waals surface area (Å²) in [7, 11) is 0. The molecule has 1 aromatic heterocycles. The van der Waals surface area contributed by atoms with E-state index in [4.69, 9.17) is 4.74 Å². The number of hydrogen-bond donors (Lipinski definition) is 1. The Hall–Kier alpha value is -2.22. The Morgan fingerprint density at radius 2 is 1.97 bits per heavy atom. The van der Waals surface area contributed by atoms with Crippen LogP contribution >= 0.6 is 11.3 Å². The number of fused-ring (bicyclic) bond motifs is 3. The fraction of sp³-hybridized carbons (Fsp3) is 0.636. The van der Waals surface area contributed by atoms with E-state index in [0.717, 1.165) is 34.6 Å². The van der Waals surface area contributed by atoms with Gasteiger partial charge < -0.3 is 10.1 Å². The molecule has 2 unspecified atom stereocenters. The first-order valence-electron chi connectivity index (χ1n) is 10.6. The van der Waals surface area contributed by atoms with Gasteiger partial charge in [-0.05, 0) is 50.0 Å². The molecule has 1 aromatic rings. The number of ether oxygens (including phenoxy) is 1. The van der Waals surface area contributed by atoms with Crippen molar-refractivity contribution >= 4 is 40.0 Å². The Bertz CT molecular complexity index is 950. The van der Waals surface area contributed by atoms with E-state index in [2.05, 4.69) is 5.32 Å². The average Bonchev–Trinajstić information content (AvgIpc) is 3.29. The van der Waals surface area contributed by atoms with Crippen LogP contribution < -0.4 is 5.32 Å². The number of aryl methyl sites for hydroxylation is 1. The number of hydrogen-bond acceptors (Lipinski definition) is 6. The van der Waals surface area contributed by atoms with E-state index in [0.29, 0.717) is 23.4 Å². The molecule has 2 heterocycles. The van der Waals surface area contributed by atoms with Crippen LogP contribution in [-0.4, -0.2) is 41.7 Å². The highest BCUT2D eigenvalue weighted by atomic mass is 32.1. The molecule has 1 saturated heterocycles. The van der Waals surface area contributed by atoms with E-state index in [9.17, 15) is 19.2 Å². The zero-order chi connectivity index (χ0) is 21.8. The monoisotopic (exact) mass is 432 g/mol. The minimum absolute atomic E-state index is 0.253. The molecule has 7 nitrogen and oxygen atoms in total. The van der Waals surface area contributed by atoms with Gasteiger partial charge in [-0.1, -0.05) is 20.8 Å². The number of nitrogens with zero attached hydrogens (tertiary/aromatic N) is 1. The van der Waals surface area contributed by atoms with Crippen LogP contribution in [0.3, 0.4) is 0 Å². The van der Waals surface area contributed by atoms with Gasteiger partial charge in [0.1, 0.15) is 11.5 Å². The molecule has 2 aliphatic carbocycles. The largest absolute Gasteiger partial charge is 0.462 e. The van der Waals surface area contributed by atoms with Gasteiger partial charge in [0.05, 0.1) is 17.6 Å². The molecule has 2 fully saturated rings. The van der Waals surface area contributed by atoms with Crippen LogP contribution in [0.25, 0.3) is 0 Å². The predicted molar refractivity (Wildman–Crippen MR) is 112 cm³/mol. The van der Waals surface area contributed by atoms with Crippen LogP contribution in [0, 0.1) is 16.7 Å². The number of esters is 1. The van der Waals surface area contributed by atoms with Crippen LogP contribution in [0.4, 0.5) is 5.00 Å². The minimum Gasteiger partial charge on any atom is -0.462 e. The number of amides is 3. The fourth-order valence-electron chi connectivity index (χ4n) is 5.27. The van der Waals surface area contributed by atoms with Crippen LogP contribution in [0.1, 0.15) is 67.8 Å². The molecule has 2 atom stereocenters. The molecule has 162 valence electrons. The van der Waals surface area contributed by atoms with Crippen molar-refractivity contribution in [2.45, 2.75) is 59.8 Å². The van der Waals surface area contributed by atoms with Crippen LogP contribution in [-0.2, 0) is 32.0 Å². The zero-order valence-electron chi connectivity index (χ0n) is 17.9. The molecule has 0 spiro atoms. The van der Waals surface area contributed by atoms with E-state index in [-0.39, 0.29) is 30.9 Å². The number of rotatable bonds is 5. The van der Waals surface area contributed by atoms with Crippen molar-refractivity contribution in [3.8, 4) is 0 Å². The Balaban J connectivity index is 1.55. The van der Waals surface area contributed by atoms with Crippen molar-refractivity contribution in [1.29, 1.82) is 0 Å². The molecule has 1 N–H and O–H groups in total. The first-order chi connectivity index (χ1) is 14.1. The van der Waals surface area contributed by atoms with Crippen molar-refractivity contribution < 1.29 is 23.9 Å². The Morgan fingerprint density at radius 1 is 1.23 bits per heavy atom. The number of thiophene rings is 1. The molecule has 0 radical (unpaired) electrons. The molecule has 1 aliphatic heterocycles. The molecular weight excluding hydrogens is 404 g/mol. The highest BCUT2D eigenvalue weighted by Gasteiger charge is 2.64. The van der Waals surface area contributed by atoms with E-state index >= 15 is 0 Å². The third kappa shape index (κ3) is 2.91. The van der Waals surface area contributed by atoms with Gasteiger partial charge in [-0.15, -0.1) is 11.3 Å². The van der Waals surface area contributed by atoms with E-state index in [1.807, 2.05) is 20.8 Å². The summed E-state index contributed by atoms with van der Waals surface area (Å²) in [6.45, 7) is 7.50. The number of imide groups is 1. The van der Waals surface area contributed by atoms with E-state index < -0.39 is 22.7 Å². The Morgan fingerprint density at radius 3 is 2.67 bits per heavy atom. The lowest BCUT2D eigenvalue weighted by Gasteiger charge is -2.47. The number of nitrogens with one attached hydrogen (secondary N) is 1. The summed E-state index contributed by atoms with van der Waals surface area (Å²) in [5, 5.41) is 3.24. The van der Waals surface area contributed by atoms with Crippen molar-refractivity contribution in [3.05, 3.63) is 16.0 Å². The van der Waals surface area contributed by atoms with Gasteiger partial charge in [-0.2, -0.15) is 0 Å². The first-order valence-corrected chi connectivity index (χ1v) is 11.4. The van der Waals surface area contributed by atoms with Crippen molar-refractivity contribution in [2.75, 3.05) is 18.5 Å². The van der Waals surface area contributed by atoms with Gasteiger partial charge in [0.2, 0.25) is 17.7 Å². The molecule has 30 heavy (non-hydrogen) atoms. The number of carbonyl (C=O) groups excluding carboxylic acids is 4. The van der Waals surface area contributed by atoms with Gasteiger partial charge in [0.15, 0.2) is 0 Å². The number of likely N-dealkylation sites (tertiary alicyclic amines) is 1. The molecule has 2 bridgehead atoms.